The summed E-state index contributed by atoms with van der Waals surface area (Å²) in [5, 5.41) is 3.68. The third kappa shape index (κ3) is 3.01. The van der Waals surface area contributed by atoms with Gasteiger partial charge in [-0.1, -0.05) is 24.6 Å². The number of rotatable bonds is 5. The van der Waals surface area contributed by atoms with Crippen LogP contribution >= 0.6 is 0 Å². The maximum atomic E-state index is 3.68. The predicted molar refractivity (Wildman–Crippen MR) is 86.5 cm³/mol. The third-order valence-corrected chi connectivity index (χ3v) is 5.01. The van der Waals surface area contributed by atoms with Gasteiger partial charge < -0.3 is 10.2 Å². The fourth-order valence-corrected chi connectivity index (χ4v) is 3.30. The van der Waals surface area contributed by atoms with Crippen LogP contribution in [0.2, 0.25) is 0 Å². The Morgan fingerprint density at radius 2 is 2.10 bits per heavy atom. The van der Waals surface area contributed by atoms with E-state index in [4.69, 9.17) is 0 Å². The number of hydrogen-bond donors (Lipinski definition) is 1. The van der Waals surface area contributed by atoms with Gasteiger partial charge in [-0.25, -0.2) is 0 Å². The summed E-state index contributed by atoms with van der Waals surface area (Å²) in [5.41, 5.74) is 4.42. The molecule has 2 nitrogen and oxygen atoms in total. The van der Waals surface area contributed by atoms with Crippen LogP contribution in [0.1, 0.15) is 44.2 Å². The van der Waals surface area contributed by atoms with Gasteiger partial charge in [-0.3, -0.25) is 0 Å². The normalized spacial score (nSPS) is 21.4. The molecule has 0 radical (unpaired) electrons. The van der Waals surface area contributed by atoms with Crippen molar-refractivity contribution in [1.29, 1.82) is 0 Å². The lowest BCUT2D eigenvalue weighted by atomic mass is 9.94. The molecule has 0 spiro atoms. The molecule has 2 aliphatic rings. The maximum Gasteiger partial charge on any atom is 0.0401 e. The molecule has 0 saturated heterocycles. The zero-order valence-electron chi connectivity index (χ0n) is 13.2. The molecule has 1 heterocycles. The molecule has 1 aliphatic heterocycles. The molecule has 1 N–H and O–H groups in total. The zero-order chi connectivity index (χ0) is 14.1. The lowest BCUT2D eigenvalue weighted by Gasteiger charge is -2.39. The highest BCUT2D eigenvalue weighted by atomic mass is 15.2. The van der Waals surface area contributed by atoms with E-state index < -0.39 is 0 Å². The Hall–Kier alpha value is -1.02. The van der Waals surface area contributed by atoms with Crippen LogP contribution in [-0.2, 0) is 6.42 Å². The molecule has 0 bridgehead atoms. The first-order valence-electron chi connectivity index (χ1n) is 8.24. The molecule has 1 aliphatic carbocycles. The molecule has 2 unspecified atom stereocenters. The summed E-state index contributed by atoms with van der Waals surface area (Å²) in [7, 11) is 0. The summed E-state index contributed by atoms with van der Waals surface area (Å²) in [6.45, 7) is 9.36. The van der Waals surface area contributed by atoms with Crippen molar-refractivity contribution in [2.75, 3.05) is 18.0 Å². The third-order valence-electron chi connectivity index (χ3n) is 5.01. The van der Waals surface area contributed by atoms with Crippen LogP contribution in [0, 0.1) is 12.8 Å². The van der Waals surface area contributed by atoms with Crippen molar-refractivity contribution in [1.82, 2.24) is 5.32 Å². The van der Waals surface area contributed by atoms with Gasteiger partial charge in [-0.2, -0.15) is 0 Å². The lowest BCUT2D eigenvalue weighted by molar-refractivity contribution is 0.412. The average molecular weight is 272 g/mol. The number of anilines is 1. The first-order valence-corrected chi connectivity index (χ1v) is 8.24. The van der Waals surface area contributed by atoms with Gasteiger partial charge in [0, 0.05) is 24.3 Å². The Kier molecular flexibility index (Phi) is 4.02. The summed E-state index contributed by atoms with van der Waals surface area (Å²) in [6.07, 6.45) is 5.30. The van der Waals surface area contributed by atoms with Gasteiger partial charge in [0.2, 0.25) is 0 Å². The topological polar surface area (TPSA) is 15.3 Å². The standard InChI is InChI=1S/C18H28N2/c1-13-6-9-18-16(11-13)5-4-10-20(18)15(3)14(2)12-19-17-7-8-17/h6,9,11,14-15,17,19H,4-5,7-8,10,12H2,1-3H3. The van der Waals surface area contributed by atoms with Crippen LogP contribution in [-0.4, -0.2) is 25.2 Å². The SMILES string of the molecule is Cc1ccc2c(c1)CCCN2C(C)C(C)CNC1CC1. The predicted octanol–water partition coefficient (Wildman–Crippen LogP) is 3.52. The van der Waals surface area contributed by atoms with Crippen molar-refractivity contribution in [3.63, 3.8) is 0 Å². The molecular formula is C18H28N2. The van der Waals surface area contributed by atoms with E-state index in [0.717, 1.165) is 12.6 Å². The minimum absolute atomic E-state index is 0.614. The molecule has 2 atom stereocenters. The second-order valence-corrected chi connectivity index (χ2v) is 6.83. The average Bonchev–Trinajstić information content (AvgIpc) is 3.27. The molecule has 110 valence electrons. The highest BCUT2D eigenvalue weighted by Crippen LogP contribution is 2.31. The number of fused-ring (bicyclic) bond motifs is 1. The number of aryl methyl sites for hydroxylation is 2. The molecule has 1 aromatic carbocycles. The van der Waals surface area contributed by atoms with Crippen molar-refractivity contribution < 1.29 is 0 Å². The highest BCUT2D eigenvalue weighted by molar-refractivity contribution is 5.57. The lowest BCUT2D eigenvalue weighted by Crippen LogP contribution is -2.44. The second kappa shape index (κ2) is 5.77. The van der Waals surface area contributed by atoms with Crippen LogP contribution in [0.25, 0.3) is 0 Å². The van der Waals surface area contributed by atoms with Gasteiger partial charge in [-0.05, 0) is 63.6 Å². The van der Waals surface area contributed by atoms with Crippen molar-refractivity contribution in [2.24, 2.45) is 5.92 Å². The molecule has 1 aromatic rings. The Labute approximate surface area is 123 Å². The number of benzene rings is 1. The maximum absolute atomic E-state index is 3.68. The minimum Gasteiger partial charge on any atom is -0.368 e. The summed E-state index contributed by atoms with van der Waals surface area (Å²) in [6, 6.07) is 8.41. The molecule has 0 aromatic heterocycles. The fraction of sp³-hybridized carbons (Fsp3) is 0.667. The van der Waals surface area contributed by atoms with E-state index in [1.807, 2.05) is 0 Å². The van der Waals surface area contributed by atoms with E-state index in [-0.39, 0.29) is 0 Å². The fourth-order valence-electron chi connectivity index (χ4n) is 3.30. The van der Waals surface area contributed by atoms with E-state index in [9.17, 15) is 0 Å². The summed E-state index contributed by atoms with van der Waals surface area (Å²) in [4.78, 5) is 2.64. The van der Waals surface area contributed by atoms with Crippen molar-refractivity contribution in [3.8, 4) is 0 Å². The second-order valence-electron chi connectivity index (χ2n) is 6.83. The van der Waals surface area contributed by atoms with Gasteiger partial charge in [-0.15, -0.1) is 0 Å². The zero-order valence-corrected chi connectivity index (χ0v) is 13.2. The molecule has 0 amide bonds. The Morgan fingerprint density at radius 1 is 1.30 bits per heavy atom. The van der Waals surface area contributed by atoms with E-state index in [1.54, 1.807) is 5.56 Å². The Balaban J connectivity index is 1.70. The largest absolute Gasteiger partial charge is 0.368 e. The monoisotopic (exact) mass is 272 g/mol. The van der Waals surface area contributed by atoms with Crippen molar-refractivity contribution in [3.05, 3.63) is 29.3 Å². The first-order chi connectivity index (χ1) is 9.65. The van der Waals surface area contributed by atoms with E-state index in [1.165, 1.54) is 43.5 Å². The number of nitrogens with one attached hydrogen (secondary N) is 1. The summed E-state index contributed by atoms with van der Waals surface area (Å²) < 4.78 is 0. The van der Waals surface area contributed by atoms with Crippen LogP contribution in [0.3, 0.4) is 0 Å². The number of hydrogen-bond acceptors (Lipinski definition) is 2. The molecule has 20 heavy (non-hydrogen) atoms. The van der Waals surface area contributed by atoms with Crippen LogP contribution < -0.4 is 10.2 Å². The van der Waals surface area contributed by atoms with E-state index >= 15 is 0 Å². The molecule has 2 heteroatoms. The highest BCUT2D eigenvalue weighted by Gasteiger charge is 2.27. The van der Waals surface area contributed by atoms with Gasteiger partial charge in [0.25, 0.3) is 0 Å². The molecule has 1 saturated carbocycles. The van der Waals surface area contributed by atoms with Crippen LogP contribution in [0.15, 0.2) is 18.2 Å². The number of nitrogens with zero attached hydrogens (tertiary/aromatic N) is 1. The summed E-state index contributed by atoms with van der Waals surface area (Å²) >= 11 is 0. The van der Waals surface area contributed by atoms with Crippen molar-refractivity contribution >= 4 is 5.69 Å². The van der Waals surface area contributed by atoms with E-state index in [2.05, 4.69) is 49.2 Å². The van der Waals surface area contributed by atoms with E-state index in [0.29, 0.717) is 12.0 Å². The van der Waals surface area contributed by atoms with Crippen LogP contribution in [0.5, 0.6) is 0 Å². The molecule has 1 fully saturated rings. The Morgan fingerprint density at radius 3 is 2.85 bits per heavy atom. The quantitative estimate of drug-likeness (QED) is 0.882. The molecule has 3 rings (SSSR count). The van der Waals surface area contributed by atoms with Gasteiger partial charge in [0.15, 0.2) is 0 Å². The van der Waals surface area contributed by atoms with Gasteiger partial charge in [0.1, 0.15) is 0 Å². The molecular weight excluding hydrogens is 244 g/mol. The first kappa shape index (κ1) is 13.9. The summed E-state index contributed by atoms with van der Waals surface area (Å²) in [5.74, 6) is 0.697. The Bertz CT molecular complexity index is 464. The van der Waals surface area contributed by atoms with Gasteiger partial charge >= 0.3 is 0 Å². The van der Waals surface area contributed by atoms with Gasteiger partial charge in [0.05, 0.1) is 0 Å². The smallest absolute Gasteiger partial charge is 0.0401 e. The minimum atomic E-state index is 0.614. The van der Waals surface area contributed by atoms with Crippen molar-refractivity contribution in [2.45, 2.75) is 58.5 Å². The van der Waals surface area contributed by atoms with Crippen LogP contribution in [0.4, 0.5) is 5.69 Å².